The Morgan fingerprint density at radius 3 is 2.19 bits per heavy atom. The van der Waals surface area contributed by atoms with Crippen LogP contribution in [0.1, 0.15) is 22.3 Å². The lowest BCUT2D eigenvalue weighted by Gasteiger charge is -2.10. The molecule has 9 heteroatoms. The number of benzene rings is 2. The van der Waals surface area contributed by atoms with Gasteiger partial charge in [0, 0.05) is 5.02 Å². The van der Waals surface area contributed by atoms with Crippen LogP contribution in [0.15, 0.2) is 48.5 Å². The van der Waals surface area contributed by atoms with Gasteiger partial charge in [0.05, 0.1) is 17.7 Å². The quantitative estimate of drug-likeness (QED) is 0.442. The number of carbonyl (C=O) groups is 4. The van der Waals surface area contributed by atoms with E-state index in [1.54, 1.807) is 30.3 Å². The molecule has 0 heterocycles. The number of carbonyl (C=O) groups excluding carboxylic acids is 3. The van der Waals surface area contributed by atoms with Crippen LogP contribution in [0, 0.1) is 0 Å². The summed E-state index contributed by atoms with van der Waals surface area (Å²) in [6.45, 7) is 0. The average molecular weight is 390 g/mol. The molecule has 2 rings (SSSR count). The number of hydrogen-bond acceptors (Lipinski definition) is 4. The van der Waals surface area contributed by atoms with E-state index in [4.69, 9.17) is 16.7 Å². The molecule has 0 bridgehead atoms. The molecule has 8 nitrogen and oxygen atoms in total. The molecule has 0 atom stereocenters. The van der Waals surface area contributed by atoms with Crippen molar-refractivity contribution in [2.24, 2.45) is 0 Å². The third-order valence-electron chi connectivity index (χ3n) is 3.40. The molecule has 0 unspecified atom stereocenters. The Hall–Kier alpha value is -3.39. The molecule has 0 aromatic heterocycles. The molecule has 0 radical (unpaired) electrons. The normalized spacial score (nSPS) is 9.96. The van der Waals surface area contributed by atoms with E-state index in [-0.39, 0.29) is 17.7 Å². The van der Waals surface area contributed by atoms with Gasteiger partial charge in [-0.15, -0.1) is 0 Å². The Morgan fingerprint density at radius 2 is 1.48 bits per heavy atom. The van der Waals surface area contributed by atoms with E-state index in [1.165, 1.54) is 18.2 Å². The number of hydrazine groups is 1. The molecule has 0 aliphatic heterocycles. The third kappa shape index (κ3) is 6.12. The average Bonchev–Trinajstić information content (AvgIpc) is 2.62. The number of carboxylic acid groups (broad SMARTS) is 1. The molecule has 0 spiro atoms. The zero-order valence-corrected chi connectivity index (χ0v) is 14.7. The molecule has 2 aromatic rings. The number of halogens is 1. The van der Waals surface area contributed by atoms with E-state index in [9.17, 15) is 19.2 Å². The smallest absolute Gasteiger partial charge is 0.337 e. The third-order valence-corrected chi connectivity index (χ3v) is 3.77. The van der Waals surface area contributed by atoms with Crippen LogP contribution in [0.3, 0.4) is 0 Å². The number of carboxylic acids is 1. The van der Waals surface area contributed by atoms with Gasteiger partial charge >= 0.3 is 5.97 Å². The van der Waals surface area contributed by atoms with Crippen molar-refractivity contribution < 1.29 is 24.3 Å². The van der Waals surface area contributed by atoms with Crippen molar-refractivity contribution in [1.29, 1.82) is 0 Å². The van der Waals surface area contributed by atoms with Gasteiger partial charge in [-0.25, -0.2) is 4.79 Å². The van der Waals surface area contributed by atoms with Crippen LogP contribution in [-0.2, 0) is 20.8 Å². The Bertz CT molecular complexity index is 885. The van der Waals surface area contributed by atoms with Crippen LogP contribution in [0.4, 0.5) is 5.69 Å². The van der Waals surface area contributed by atoms with Crippen molar-refractivity contribution >= 4 is 41.0 Å². The molecular weight excluding hydrogens is 374 g/mol. The first-order valence-corrected chi connectivity index (χ1v) is 8.18. The van der Waals surface area contributed by atoms with E-state index in [0.29, 0.717) is 10.6 Å². The number of hydrogen-bond donors (Lipinski definition) is 4. The lowest BCUT2D eigenvalue weighted by molar-refractivity contribution is -0.131. The second-order valence-electron chi connectivity index (χ2n) is 5.44. The number of rotatable bonds is 6. The first-order chi connectivity index (χ1) is 12.9. The van der Waals surface area contributed by atoms with Crippen molar-refractivity contribution in [3.63, 3.8) is 0 Å². The summed E-state index contributed by atoms with van der Waals surface area (Å²) in [5.41, 5.74) is 4.87. The fraction of sp³-hybridized carbons (Fsp3) is 0.111. The Labute approximate surface area is 159 Å². The molecule has 27 heavy (non-hydrogen) atoms. The van der Waals surface area contributed by atoms with Gasteiger partial charge in [-0.3, -0.25) is 25.2 Å². The van der Waals surface area contributed by atoms with Gasteiger partial charge in [0.2, 0.25) is 17.7 Å². The highest BCUT2D eigenvalue weighted by atomic mass is 35.5. The molecule has 0 saturated carbocycles. The molecule has 3 amide bonds. The van der Waals surface area contributed by atoms with Gasteiger partial charge in [0.15, 0.2) is 0 Å². The molecular formula is C18H16ClN3O5. The largest absolute Gasteiger partial charge is 0.478 e. The highest BCUT2D eigenvalue weighted by molar-refractivity contribution is 6.31. The van der Waals surface area contributed by atoms with Gasteiger partial charge in [-0.05, 0) is 23.8 Å². The highest BCUT2D eigenvalue weighted by Crippen LogP contribution is 2.16. The zero-order chi connectivity index (χ0) is 19.8. The Morgan fingerprint density at radius 1 is 0.852 bits per heavy atom. The van der Waals surface area contributed by atoms with Gasteiger partial charge in [0.1, 0.15) is 6.42 Å². The fourth-order valence-electron chi connectivity index (χ4n) is 2.16. The monoisotopic (exact) mass is 389 g/mol. The van der Waals surface area contributed by atoms with Crippen LogP contribution in [-0.4, -0.2) is 28.8 Å². The van der Waals surface area contributed by atoms with Crippen LogP contribution in [0.5, 0.6) is 0 Å². The summed E-state index contributed by atoms with van der Waals surface area (Å²) < 4.78 is 0. The predicted octanol–water partition coefficient (Wildman–Crippen LogP) is 1.76. The van der Waals surface area contributed by atoms with Crippen molar-refractivity contribution in [2.75, 3.05) is 5.32 Å². The van der Waals surface area contributed by atoms with E-state index < -0.39 is 30.1 Å². The van der Waals surface area contributed by atoms with Gasteiger partial charge in [-0.1, -0.05) is 41.9 Å². The molecule has 2 aromatic carbocycles. The van der Waals surface area contributed by atoms with Gasteiger partial charge < -0.3 is 10.4 Å². The first kappa shape index (κ1) is 19.9. The van der Waals surface area contributed by atoms with Crippen molar-refractivity contribution in [3.8, 4) is 0 Å². The van der Waals surface area contributed by atoms with E-state index in [0.717, 1.165) is 0 Å². The second-order valence-corrected chi connectivity index (χ2v) is 5.85. The van der Waals surface area contributed by atoms with E-state index in [2.05, 4.69) is 16.2 Å². The number of anilines is 1. The highest BCUT2D eigenvalue weighted by Gasteiger charge is 2.15. The van der Waals surface area contributed by atoms with E-state index in [1.807, 2.05) is 0 Å². The number of aromatic carboxylic acids is 1. The van der Waals surface area contributed by atoms with Crippen molar-refractivity contribution in [3.05, 3.63) is 64.7 Å². The standard InChI is InChI=1S/C18H16ClN3O5/c19-13-7-3-1-5-11(13)9-16(24)21-22-17(25)10-15(23)20-14-8-4-2-6-12(14)18(26)27/h1-8H,9-10H2,(H,20,23)(H,21,24)(H,22,25)(H,26,27). The molecule has 140 valence electrons. The maximum atomic E-state index is 11.9. The summed E-state index contributed by atoms with van der Waals surface area (Å²) in [7, 11) is 0. The predicted molar refractivity (Wildman–Crippen MR) is 98.1 cm³/mol. The van der Waals surface area contributed by atoms with Crippen molar-refractivity contribution in [2.45, 2.75) is 12.8 Å². The van der Waals surface area contributed by atoms with E-state index >= 15 is 0 Å². The SMILES string of the molecule is O=C(CC(=O)Nc1ccccc1C(=O)O)NNC(=O)Cc1ccccc1Cl. The molecule has 0 aliphatic rings. The van der Waals surface area contributed by atoms with Crippen LogP contribution < -0.4 is 16.2 Å². The number of para-hydroxylation sites is 1. The van der Waals surface area contributed by atoms with Gasteiger partial charge in [-0.2, -0.15) is 0 Å². The van der Waals surface area contributed by atoms with Crippen molar-refractivity contribution in [1.82, 2.24) is 10.9 Å². The Balaban J connectivity index is 1.82. The lowest BCUT2D eigenvalue weighted by atomic mass is 10.1. The summed E-state index contributed by atoms with van der Waals surface area (Å²) in [4.78, 5) is 46.5. The minimum Gasteiger partial charge on any atom is -0.478 e. The molecule has 0 fully saturated rings. The number of nitrogens with one attached hydrogen (secondary N) is 3. The maximum Gasteiger partial charge on any atom is 0.337 e. The van der Waals surface area contributed by atoms with Crippen LogP contribution in [0.2, 0.25) is 5.02 Å². The summed E-state index contributed by atoms with van der Waals surface area (Å²) >= 11 is 5.95. The summed E-state index contributed by atoms with van der Waals surface area (Å²) in [6, 6.07) is 12.6. The molecule has 0 aliphatic carbocycles. The summed E-state index contributed by atoms with van der Waals surface area (Å²) in [6.07, 6.45) is -0.640. The zero-order valence-electron chi connectivity index (χ0n) is 14.0. The fourth-order valence-corrected chi connectivity index (χ4v) is 2.36. The second kappa shape index (κ2) is 9.35. The molecule has 0 saturated heterocycles. The lowest BCUT2D eigenvalue weighted by Crippen LogP contribution is -2.43. The minimum atomic E-state index is -1.21. The summed E-state index contributed by atoms with van der Waals surface area (Å²) in [5.74, 6) is -3.19. The maximum absolute atomic E-state index is 11.9. The van der Waals surface area contributed by atoms with Crippen LogP contribution in [0.25, 0.3) is 0 Å². The summed E-state index contributed by atoms with van der Waals surface area (Å²) in [5, 5.41) is 11.8. The topological polar surface area (TPSA) is 125 Å². The molecule has 4 N–H and O–H groups in total. The van der Waals surface area contributed by atoms with Gasteiger partial charge in [0.25, 0.3) is 0 Å². The number of amides is 3. The first-order valence-electron chi connectivity index (χ1n) is 7.80. The Kier molecular flexibility index (Phi) is 6.90. The van der Waals surface area contributed by atoms with Crippen LogP contribution >= 0.6 is 11.6 Å². The minimum absolute atomic E-state index is 0.0435.